The summed E-state index contributed by atoms with van der Waals surface area (Å²) >= 11 is 1.64. The van der Waals surface area contributed by atoms with Crippen LogP contribution in [0.5, 0.6) is 0 Å². The van der Waals surface area contributed by atoms with E-state index in [4.69, 9.17) is 0 Å². The largest absolute Gasteiger partial charge is 0.350 e. The highest BCUT2D eigenvalue weighted by Crippen LogP contribution is 2.22. The molecule has 1 atom stereocenters. The van der Waals surface area contributed by atoms with Gasteiger partial charge in [-0.25, -0.2) is 13.1 Å². The number of sulfonamides is 1. The SMILES string of the molecule is CNS(=O)(=O)c1cccc(C(=O)NC[C@@H](c2cccs2)N(C)C)c1. The lowest BCUT2D eigenvalue weighted by atomic mass is 10.2. The second-order valence-electron chi connectivity index (χ2n) is 5.44. The molecule has 2 N–H and O–H groups in total. The molecule has 2 rings (SSSR count). The Morgan fingerprint density at radius 3 is 2.58 bits per heavy atom. The van der Waals surface area contributed by atoms with Crippen molar-refractivity contribution >= 4 is 27.3 Å². The monoisotopic (exact) mass is 367 g/mol. The predicted octanol–water partition coefficient (Wildman–Crippen LogP) is 1.69. The maximum absolute atomic E-state index is 12.4. The number of thiophene rings is 1. The lowest BCUT2D eigenvalue weighted by Gasteiger charge is -2.23. The van der Waals surface area contributed by atoms with Gasteiger partial charge in [0, 0.05) is 17.0 Å². The molecule has 6 nitrogen and oxygen atoms in total. The number of benzene rings is 1. The molecule has 24 heavy (non-hydrogen) atoms. The first kappa shape index (κ1) is 18.6. The van der Waals surface area contributed by atoms with Crippen LogP contribution in [-0.2, 0) is 10.0 Å². The van der Waals surface area contributed by atoms with Crippen LogP contribution < -0.4 is 10.0 Å². The van der Waals surface area contributed by atoms with Crippen LogP contribution in [0.3, 0.4) is 0 Å². The smallest absolute Gasteiger partial charge is 0.251 e. The molecule has 1 amide bonds. The Morgan fingerprint density at radius 2 is 2.00 bits per heavy atom. The molecule has 1 heterocycles. The maximum Gasteiger partial charge on any atom is 0.251 e. The lowest BCUT2D eigenvalue weighted by molar-refractivity contribution is 0.0942. The molecule has 0 aliphatic carbocycles. The van der Waals surface area contributed by atoms with Gasteiger partial charge in [-0.3, -0.25) is 4.79 Å². The van der Waals surface area contributed by atoms with Crippen LogP contribution >= 0.6 is 11.3 Å². The molecule has 0 spiro atoms. The van der Waals surface area contributed by atoms with Crippen molar-refractivity contribution < 1.29 is 13.2 Å². The van der Waals surface area contributed by atoms with E-state index in [1.807, 2.05) is 36.5 Å². The number of rotatable bonds is 7. The second-order valence-corrected chi connectivity index (χ2v) is 8.31. The van der Waals surface area contributed by atoms with Gasteiger partial charge in [0.15, 0.2) is 0 Å². The molecule has 2 aromatic rings. The first-order valence-corrected chi connectivity index (χ1v) is 9.73. The van der Waals surface area contributed by atoms with Gasteiger partial charge >= 0.3 is 0 Å². The maximum atomic E-state index is 12.4. The fraction of sp³-hybridized carbons (Fsp3) is 0.312. The molecule has 1 aromatic heterocycles. The van der Waals surface area contributed by atoms with Crippen molar-refractivity contribution in [3.05, 3.63) is 52.2 Å². The number of carbonyl (C=O) groups is 1. The number of hydrogen-bond donors (Lipinski definition) is 2. The Labute approximate surface area is 146 Å². The molecule has 0 unspecified atom stereocenters. The van der Waals surface area contributed by atoms with Gasteiger partial charge in [0.25, 0.3) is 5.91 Å². The second kappa shape index (κ2) is 7.89. The fourth-order valence-corrected chi connectivity index (χ4v) is 3.93. The summed E-state index contributed by atoms with van der Waals surface area (Å²) in [5.41, 5.74) is 0.315. The van der Waals surface area contributed by atoms with Crippen molar-refractivity contribution in [2.24, 2.45) is 0 Å². The van der Waals surface area contributed by atoms with E-state index in [0.29, 0.717) is 12.1 Å². The zero-order valence-electron chi connectivity index (χ0n) is 13.8. The number of carbonyl (C=O) groups excluding carboxylic acids is 1. The molecule has 0 radical (unpaired) electrons. The van der Waals surface area contributed by atoms with Crippen LogP contribution in [0.2, 0.25) is 0 Å². The molecule has 0 saturated heterocycles. The summed E-state index contributed by atoms with van der Waals surface area (Å²) in [6, 6.07) is 10.1. The van der Waals surface area contributed by atoms with Crippen LogP contribution in [0.25, 0.3) is 0 Å². The van der Waals surface area contributed by atoms with Crippen LogP contribution in [0.15, 0.2) is 46.7 Å². The Morgan fingerprint density at radius 1 is 1.25 bits per heavy atom. The number of nitrogens with zero attached hydrogens (tertiary/aromatic N) is 1. The standard InChI is InChI=1S/C16H21N3O3S2/c1-17-24(21,22)13-7-4-6-12(10-13)16(20)18-11-14(19(2)3)15-8-5-9-23-15/h4-10,14,17H,11H2,1-3H3,(H,18,20)/t14-/m0/s1. The van der Waals surface area contributed by atoms with Gasteiger partial charge in [-0.1, -0.05) is 12.1 Å². The minimum Gasteiger partial charge on any atom is -0.350 e. The minimum atomic E-state index is -3.57. The molecule has 8 heteroatoms. The molecule has 0 bridgehead atoms. The Hall–Kier alpha value is -1.74. The van der Waals surface area contributed by atoms with Gasteiger partial charge in [-0.2, -0.15) is 0 Å². The highest BCUT2D eigenvalue weighted by Gasteiger charge is 2.18. The van der Waals surface area contributed by atoms with Gasteiger partial charge < -0.3 is 10.2 Å². The quantitative estimate of drug-likeness (QED) is 0.781. The van der Waals surface area contributed by atoms with E-state index in [-0.39, 0.29) is 16.8 Å². The van der Waals surface area contributed by atoms with E-state index in [2.05, 4.69) is 10.0 Å². The molecule has 130 valence electrons. The summed E-state index contributed by atoms with van der Waals surface area (Å²) in [6.45, 7) is 0.440. The molecule has 0 saturated carbocycles. The summed E-state index contributed by atoms with van der Waals surface area (Å²) in [4.78, 5) is 15.6. The summed E-state index contributed by atoms with van der Waals surface area (Å²) in [7, 11) is 1.68. The van der Waals surface area contributed by atoms with Crippen molar-refractivity contribution in [2.75, 3.05) is 27.7 Å². The number of amides is 1. The zero-order valence-corrected chi connectivity index (χ0v) is 15.4. The minimum absolute atomic E-state index is 0.0678. The van der Waals surface area contributed by atoms with Crippen LogP contribution in [0.4, 0.5) is 0 Å². The highest BCUT2D eigenvalue weighted by molar-refractivity contribution is 7.89. The molecule has 0 aliphatic rings. The molecular formula is C16H21N3O3S2. The van der Waals surface area contributed by atoms with Crippen LogP contribution in [0, 0.1) is 0 Å². The zero-order chi connectivity index (χ0) is 17.7. The van der Waals surface area contributed by atoms with Gasteiger partial charge in [-0.05, 0) is 50.8 Å². The third kappa shape index (κ3) is 4.41. The molecule has 1 aromatic carbocycles. The summed E-state index contributed by atoms with van der Waals surface area (Å²) < 4.78 is 25.9. The van der Waals surface area contributed by atoms with Crippen LogP contribution in [-0.4, -0.2) is 46.9 Å². The summed E-state index contributed by atoms with van der Waals surface area (Å²) in [5.74, 6) is -0.299. The van der Waals surface area contributed by atoms with Crippen LogP contribution in [0.1, 0.15) is 21.3 Å². The van der Waals surface area contributed by atoms with Gasteiger partial charge in [-0.15, -0.1) is 11.3 Å². The first-order valence-electron chi connectivity index (χ1n) is 7.37. The van der Waals surface area contributed by atoms with E-state index < -0.39 is 10.0 Å². The van der Waals surface area contributed by atoms with E-state index in [0.717, 1.165) is 4.88 Å². The van der Waals surface area contributed by atoms with E-state index in [1.165, 1.54) is 19.2 Å². The normalized spacial score (nSPS) is 13.0. The Kier molecular flexibility index (Phi) is 6.11. The predicted molar refractivity (Wildman–Crippen MR) is 95.8 cm³/mol. The van der Waals surface area contributed by atoms with E-state index in [1.54, 1.807) is 23.5 Å². The molecule has 0 fully saturated rings. The number of likely N-dealkylation sites (N-methyl/N-ethyl adjacent to an activating group) is 1. The third-order valence-corrected chi connectivity index (χ3v) is 6.01. The van der Waals surface area contributed by atoms with Gasteiger partial charge in [0.2, 0.25) is 10.0 Å². The van der Waals surface area contributed by atoms with Crippen molar-refractivity contribution in [2.45, 2.75) is 10.9 Å². The van der Waals surface area contributed by atoms with E-state index in [9.17, 15) is 13.2 Å². The van der Waals surface area contributed by atoms with Crippen molar-refractivity contribution in [3.63, 3.8) is 0 Å². The van der Waals surface area contributed by atoms with Gasteiger partial charge in [0.1, 0.15) is 0 Å². The van der Waals surface area contributed by atoms with E-state index >= 15 is 0 Å². The Balaban J connectivity index is 2.11. The molecule has 0 aliphatic heterocycles. The van der Waals surface area contributed by atoms with Crippen molar-refractivity contribution in [3.8, 4) is 0 Å². The van der Waals surface area contributed by atoms with Gasteiger partial charge in [0.05, 0.1) is 10.9 Å². The number of hydrogen-bond acceptors (Lipinski definition) is 5. The topological polar surface area (TPSA) is 78.5 Å². The third-order valence-electron chi connectivity index (χ3n) is 3.63. The fourth-order valence-electron chi connectivity index (χ4n) is 2.23. The first-order chi connectivity index (χ1) is 11.3. The summed E-state index contributed by atoms with van der Waals surface area (Å²) in [5, 5.41) is 4.88. The highest BCUT2D eigenvalue weighted by atomic mass is 32.2. The summed E-state index contributed by atoms with van der Waals surface area (Å²) in [6.07, 6.45) is 0. The average Bonchev–Trinajstić information content (AvgIpc) is 3.09. The number of nitrogens with one attached hydrogen (secondary N) is 2. The molecular weight excluding hydrogens is 346 g/mol. The van der Waals surface area contributed by atoms with Crippen molar-refractivity contribution in [1.29, 1.82) is 0 Å². The average molecular weight is 367 g/mol. The Bertz CT molecular complexity index is 787. The lowest BCUT2D eigenvalue weighted by Crippen LogP contribution is -2.34. The van der Waals surface area contributed by atoms with Crippen molar-refractivity contribution in [1.82, 2.24) is 14.9 Å².